The molecular weight excluding hydrogens is 374 g/mol. The first-order valence-electron chi connectivity index (χ1n) is 10.2. The first-order valence-corrected chi connectivity index (χ1v) is 10.2. The Bertz CT molecular complexity index is 675. The lowest BCUT2D eigenvalue weighted by Crippen LogP contribution is -2.47. The lowest BCUT2D eigenvalue weighted by atomic mass is 10.2. The molecule has 160 valence electrons. The smallest absolute Gasteiger partial charge is 0.260 e. The Morgan fingerprint density at radius 2 is 1.83 bits per heavy atom. The van der Waals surface area contributed by atoms with Crippen LogP contribution in [-0.4, -0.2) is 98.8 Å². The summed E-state index contributed by atoms with van der Waals surface area (Å²) in [6.07, 6.45) is 0.803. The predicted octanol–water partition coefficient (Wildman–Crippen LogP) is 0.856. The summed E-state index contributed by atoms with van der Waals surface area (Å²) in [6.45, 7) is 7.65. The second-order valence-electron chi connectivity index (χ2n) is 7.41. The number of benzene rings is 1. The van der Waals surface area contributed by atoms with Gasteiger partial charge in [0.2, 0.25) is 5.91 Å². The Hall–Kier alpha value is -2.32. The number of amides is 2. The van der Waals surface area contributed by atoms with Gasteiger partial charge in [0.25, 0.3) is 5.91 Å². The summed E-state index contributed by atoms with van der Waals surface area (Å²) in [4.78, 5) is 30.7. The molecule has 29 heavy (non-hydrogen) atoms. The topological polar surface area (TPSA) is 71.6 Å². The monoisotopic (exact) mass is 405 g/mol. The third-order valence-corrected chi connectivity index (χ3v) is 5.54. The van der Waals surface area contributed by atoms with Gasteiger partial charge in [-0.25, -0.2) is 0 Å². The Kier molecular flexibility index (Phi) is 7.71. The average Bonchev–Trinajstić information content (AvgIpc) is 3.23. The normalized spacial score (nSPS) is 19.8. The first kappa shape index (κ1) is 21.4. The standard InChI is InChI=1S/C21H31N3O5/c1-17(25)24(10-9-22-11-13-28-14-12-22)18-7-8-23(15-18)21(26)16-29-20-5-3-19(27-2)4-6-20/h3-6,18H,7-16H2,1-2H3. The summed E-state index contributed by atoms with van der Waals surface area (Å²) >= 11 is 0. The third-order valence-electron chi connectivity index (χ3n) is 5.54. The van der Waals surface area contributed by atoms with Crippen LogP contribution in [0.15, 0.2) is 24.3 Å². The van der Waals surface area contributed by atoms with Gasteiger partial charge in [0, 0.05) is 46.2 Å². The number of ether oxygens (including phenoxy) is 3. The van der Waals surface area contributed by atoms with Crippen molar-refractivity contribution in [3.05, 3.63) is 24.3 Å². The zero-order valence-electron chi connectivity index (χ0n) is 17.3. The SMILES string of the molecule is COc1ccc(OCC(=O)N2CCC(N(CCN3CCOCC3)C(C)=O)C2)cc1. The molecule has 8 heteroatoms. The summed E-state index contributed by atoms with van der Waals surface area (Å²) in [5.41, 5.74) is 0. The highest BCUT2D eigenvalue weighted by Gasteiger charge is 2.32. The fourth-order valence-electron chi connectivity index (χ4n) is 3.80. The molecule has 0 spiro atoms. The van der Waals surface area contributed by atoms with Crippen molar-refractivity contribution in [3.8, 4) is 11.5 Å². The Balaban J connectivity index is 1.46. The van der Waals surface area contributed by atoms with Crippen LogP contribution in [0.2, 0.25) is 0 Å². The molecule has 0 bridgehead atoms. The van der Waals surface area contributed by atoms with Gasteiger partial charge in [-0.1, -0.05) is 0 Å². The van der Waals surface area contributed by atoms with Crippen LogP contribution >= 0.6 is 0 Å². The number of carbonyl (C=O) groups is 2. The van der Waals surface area contributed by atoms with Crippen molar-refractivity contribution >= 4 is 11.8 Å². The molecule has 2 saturated heterocycles. The van der Waals surface area contributed by atoms with Crippen LogP contribution in [0.4, 0.5) is 0 Å². The fourth-order valence-corrected chi connectivity index (χ4v) is 3.80. The van der Waals surface area contributed by atoms with E-state index < -0.39 is 0 Å². The second kappa shape index (κ2) is 10.5. The van der Waals surface area contributed by atoms with Crippen LogP contribution in [0, 0.1) is 0 Å². The van der Waals surface area contributed by atoms with Crippen LogP contribution in [0.5, 0.6) is 11.5 Å². The first-order chi connectivity index (χ1) is 14.1. The molecule has 3 rings (SSSR count). The van der Waals surface area contributed by atoms with Crippen LogP contribution in [0.25, 0.3) is 0 Å². The van der Waals surface area contributed by atoms with Crippen LogP contribution in [0.1, 0.15) is 13.3 Å². The predicted molar refractivity (Wildman–Crippen MR) is 108 cm³/mol. The van der Waals surface area contributed by atoms with Crippen LogP contribution < -0.4 is 9.47 Å². The zero-order chi connectivity index (χ0) is 20.6. The molecule has 1 atom stereocenters. The van der Waals surface area contributed by atoms with E-state index in [-0.39, 0.29) is 24.5 Å². The molecule has 2 aliphatic rings. The van der Waals surface area contributed by atoms with Crippen LogP contribution in [0.3, 0.4) is 0 Å². The molecular formula is C21H31N3O5. The number of carbonyl (C=O) groups excluding carboxylic acids is 2. The summed E-state index contributed by atoms with van der Waals surface area (Å²) in [7, 11) is 1.61. The molecule has 1 aromatic carbocycles. The number of likely N-dealkylation sites (tertiary alicyclic amines) is 1. The molecule has 0 N–H and O–H groups in total. The molecule has 2 amide bonds. The van der Waals surface area contributed by atoms with Gasteiger partial charge in [-0.3, -0.25) is 14.5 Å². The number of hydrogen-bond acceptors (Lipinski definition) is 6. The molecule has 1 aromatic rings. The molecule has 1 unspecified atom stereocenters. The Morgan fingerprint density at radius 1 is 1.14 bits per heavy atom. The molecule has 2 heterocycles. The zero-order valence-corrected chi connectivity index (χ0v) is 17.3. The average molecular weight is 405 g/mol. The molecule has 0 aromatic heterocycles. The minimum Gasteiger partial charge on any atom is -0.497 e. The van der Waals surface area contributed by atoms with E-state index in [1.165, 1.54) is 0 Å². The van der Waals surface area contributed by atoms with Gasteiger partial charge in [-0.05, 0) is 30.7 Å². The van der Waals surface area contributed by atoms with Crippen molar-refractivity contribution in [2.24, 2.45) is 0 Å². The van der Waals surface area contributed by atoms with Crippen molar-refractivity contribution in [3.63, 3.8) is 0 Å². The van der Waals surface area contributed by atoms with E-state index in [1.54, 1.807) is 43.2 Å². The van der Waals surface area contributed by atoms with E-state index in [2.05, 4.69) is 4.90 Å². The summed E-state index contributed by atoms with van der Waals surface area (Å²) in [5, 5.41) is 0. The Labute approximate surface area is 172 Å². The molecule has 2 aliphatic heterocycles. The number of rotatable bonds is 8. The van der Waals surface area contributed by atoms with Gasteiger partial charge in [-0.15, -0.1) is 0 Å². The van der Waals surface area contributed by atoms with Crippen molar-refractivity contribution in [1.82, 2.24) is 14.7 Å². The molecule has 0 saturated carbocycles. The van der Waals surface area contributed by atoms with Gasteiger partial charge in [0.05, 0.1) is 26.4 Å². The minimum absolute atomic E-state index is 0.00705. The maximum atomic E-state index is 12.5. The van der Waals surface area contributed by atoms with Crippen molar-refractivity contribution in [2.75, 3.05) is 66.2 Å². The maximum Gasteiger partial charge on any atom is 0.260 e. The summed E-state index contributed by atoms with van der Waals surface area (Å²) in [6, 6.07) is 7.22. The van der Waals surface area contributed by atoms with E-state index in [0.717, 1.165) is 45.0 Å². The van der Waals surface area contributed by atoms with E-state index in [0.29, 0.717) is 25.4 Å². The van der Waals surface area contributed by atoms with Gasteiger partial charge >= 0.3 is 0 Å². The van der Waals surface area contributed by atoms with Gasteiger partial charge in [-0.2, -0.15) is 0 Å². The Morgan fingerprint density at radius 3 is 2.48 bits per heavy atom. The number of morpholine rings is 1. The summed E-state index contributed by atoms with van der Waals surface area (Å²) in [5.74, 6) is 1.38. The number of methoxy groups -OCH3 is 1. The molecule has 8 nitrogen and oxygen atoms in total. The third kappa shape index (κ3) is 6.08. The quantitative estimate of drug-likeness (QED) is 0.639. The van der Waals surface area contributed by atoms with E-state index in [9.17, 15) is 9.59 Å². The van der Waals surface area contributed by atoms with E-state index in [1.807, 2.05) is 4.90 Å². The fraction of sp³-hybridized carbons (Fsp3) is 0.619. The summed E-state index contributed by atoms with van der Waals surface area (Å²) < 4.78 is 16.1. The number of hydrogen-bond donors (Lipinski definition) is 0. The number of nitrogens with zero attached hydrogens (tertiary/aromatic N) is 3. The van der Waals surface area contributed by atoms with Crippen LogP contribution in [-0.2, 0) is 14.3 Å². The van der Waals surface area contributed by atoms with Gasteiger partial charge in [0.1, 0.15) is 11.5 Å². The highest BCUT2D eigenvalue weighted by molar-refractivity contribution is 5.78. The van der Waals surface area contributed by atoms with Crippen molar-refractivity contribution in [1.29, 1.82) is 0 Å². The maximum absolute atomic E-state index is 12.5. The molecule has 0 aliphatic carbocycles. The van der Waals surface area contributed by atoms with E-state index in [4.69, 9.17) is 14.2 Å². The van der Waals surface area contributed by atoms with Crippen molar-refractivity contribution < 1.29 is 23.8 Å². The van der Waals surface area contributed by atoms with Crippen molar-refractivity contribution in [2.45, 2.75) is 19.4 Å². The highest BCUT2D eigenvalue weighted by atomic mass is 16.5. The van der Waals surface area contributed by atoms with Gasteiger partial charge in [0.15, 0.2) is 6.61 Å². The highest BCUT2D eigenvalue weighted by Crippen LogP contribution is 2.19. The lowest BCUT2D eigenvalue weighted by Gasteiger charge is -2.32. The molecule has 0 radical (unpaired) electrons. The minimum atomic E-state index is -0.0556. The lowest BCUT2D eigenvalue weighted by molar-refractivity contribution is -0.135. The van der Waals surface area contributed by atoms with E-state index >= 15 is 0 Å². The van der Waals surface area contributed by atoms with Gasteiger partial charge < -0.3 is 24.0 Å². The second-order valence-corrected chi connectivity index (χ2v) is 7.41. The largest absolute Gasteiger partial charge is 0.497 e. The molecule has 2 fully saturated rings.